The van der Waals surface area contributed by atoms with Gasteiger partial charge in [0, 0.05) is 12.1 Å². The molecule has 0 aromatic heterocycles. The molecule has 1 fully saturated rings. The van der Waals surface area contributed by atoms with Gasteiger partial charge in [0.1, 0.15) is 5.82 Å². The Labute approximate surface area is 142 Å². The second kappa shape index (κ2) is 8.62. The number of ether oxygens (including phenoxy) is 1. The number of nitrogens with one attached hydrogen (secondary N) is 1. The first-order valence-electron chi connectivity index (χ1n) is 8.40. The van der Waals surface area contributed by atoms with Crippen LogP contribution in [0.25, 0.3) is 6.08 Å². The van der Waals surface area contributed by atoms with Crippen molar-refractivity contribution in [2.45, 2.75) is 51.7 Å². The molecule has 1 aliphatic carbocycles. The van der Waals surface area contributed by atoms with E-state index in [0.29, 0.717) is 11.5 Å². The fourth-order valence-electron chi connectivity index (χ4n) is 2.87. The zero-order valence-corrected chi connectivity index (χ0v) is 14.1. The molecule has 0 bridgehead atoms. The molecule has 0 spiro atoms. The van der Waals surface area contributed by atoms with Crippen molar-refractivity contribution < 1.29 is 18.7 Å². The molecule has 1 amide bonds. The molecular formula is C19H24FNO3. The van der Waals surface area contributed by atoms with E-state index in [-0.39, 0.29) is 17.8 Å². The summed E-state index contributed by atoms with van der Waals surface area (Å²) in [6.07, 6.45) is 6.18. The van der Waals surface area contributed by atoms with Gasteiger partial charge in [-0.2, -0.15) is 0 Å². The van der Waals surface area contributed by atoms with Gasteiger partial charge in [-0.25, -0.2) is 9.18 Å². The van der Waals surface area contributed by atoms with Crippen molar-refractivity contribution in [3.8, 4) is 0 Å². The fourth-order valence-corrected chi connectivity index (χ4v) is 2.87. The Balaban J connectivity index is 1.83. The first kappa shape index (κ1) is 18.2. The molecular weight excluding hydrogens is 309 g/mol. The number of rotatable bonds is 5. The van der Waals surface area contributed by atoms with Crippen molar-refractivity contribution >= 4 is 18.0 Å². The lowest BCUT2D eigenvalue weighted by molar-refractivity contribution is -0.150. The molecule has 0 heterocycles. The van der Waals surface area contributed by atoms with Crippen LogP contribution in [0.4, 0.5) is 4.39 Å². The van der Waals surface area contributed by atoms with Crippen molar-refractivity contribution in [3.05, 3.63) is 41.7 Å². The molecule has 1 aliphatic rings. The summed E-state index contributed by atoms with van der Waals surface area (Å²) in [5.41, 5.74) is 0.556. The van der Waals surface area contributed by atoms with Crippen molar-refractivity contribution in [1.82, 2.24) is 5.32 Å². The Morgan fingerprint density at radius 1 is 1.33 bits per heavy atom. The van der Waals surface area contributed by atoms with E-state index in [9.17, 15) is 14.0 Å². The number of amides is 1. The molecule has 0 unspecified atom stereocenters. The minimum Gasteiger partial charge on any atom is -0.449 e. The zero-order chi connectivity index (χ0) is 17.5. The van der Waals surface area contributed by atoms with Gasteiger partial charge in [-0.1, -0.05) is 31.9 Å². The summed E-state index contributed by atoms with van der Waals surface area (Å²) in [4.78, 5) is 23.9. The Hall–Kier alpha value is -2.17. The topological polar surface area (TPSA) is 55.4 Å². The van der Waals surface area contributed by atoms with E-state index >= 15 is 0 Å². The van der Waals surface area contributed by atoms with Gasteiger partial charge in [-0.3, -0.25) is 4.79 Å². The summed E-state index contributed by atoms with van der Waals surface area (Å²) < 4.78 is 18.2. The van der Waals surface area contributed by atoms with Crippen molar-refractivity contribution in [1.29, 1.82) is 0 Å². The summed E-state index contributed by atoms with van der Waals surface area (Å²) in [5, 5.41) is 2.97. The van der Waals surface area contributed by atoms with E-state index in [0.717, 1.165) is 19.3 Å². The van der Waals surface area contributed by atoms with E-state index in [1.807, 2.05) is 0 Å². The third kappa shape index (κ3) is 5.48. The summed E-state index contributed by atoms with van der Waals surface area (Å²) in [6.45, 7) is 3.68. The maximum absolute atomic E-state index is 13.1. The summed E-state index contributed by atoms with van der Waals surface area (Å²) in [7, 11) is 0. The quantitative estimate of drug-likeness (QED) is 0.663. The summed E-state index contributed by atoms with van der Waals surface area (Å²) in [5.74, 6) is -0.835. The molecule has 0 aliphatic heterocycles. The Bertz CT molecular complexity index is 614. The van der Waals surface area contributed by atoms with Gasteiger partial charge in [0.05, 0.1) is 0 Å². The summed E-state index contributed by atoms with van der Waals surface area (Å²) >= 11 is 0. The number of halogens is 1. The third-order valence-corrected chi connectivity index (χ3v) is 4.36. The highest BCUT2D eigenvalue weighted by Gasteiger charge is 2.25. The molecule has 24 heavy (non-hydrogen) atoms. The van der Waals surface area contributed by atoms with E-state index < -0.39 is 12.1 Å². The molecule has 1 N–H and O–H groups in total. The Kier molecular flexibility index (Phi) is 6.53. The maximum atomic E-state index is 13.1. The summed E-state index contributed by atoms with van der Waals surface area (Å²) in [6, 6.07) is 6.02. The van der Waals surface area contributed by atoms with Gasteiger partial charge >= 0.3 is 5.97 Å². The van der Waals surface area contributed by atoms with Gasteiger partial charge in [0.15, 0.2) is 6.10 Å². The highest BCUT2D eigenvalue weighted by Crippen LogP contribution is 2.23. The molecule has 4 nitrogen and oxygen atoms in total. The molecule has 5 heteroatoms. The van der Waals surface area contributed by atoms with Crippen LogP contribution in [0.5, 0.6) is 0 Å². The largest absolute Gasteiger partial charge is 0.449 e. The van der Waals surface area contributed by atoms with Crippen LogP contribution in [0.1, 0.15) is 45.1 Å². The van der Waals surface area contributed by atoms with Gasteiger partial charge in [-0.15, -0.1) is 0 Å². The van der Waals surface area contributed by atoms with Crippen molar-refractivity contribution in [3.63, 3.8) is 0 Å². The van der Waals surface area contributed by atoms with Crippen LogP contribution in [0.3, 0.4) is 0 Å². The van der Waals surface area contributed by atoms with E-state index in [1.165, 1.54) is 30.7 Å². The van der Waals surface area contributed by atoms with Crippen LogP contribution in [-0.2, 0) is 14.3 Å². The van der Waals surface area contributed by atoms with Crippen LogP contribution in [0.15, 0.2) is 30.3 Å². The molecule has 1 aromatic rings. The second-order valence-electron chi connectivity index (χ2n) is 6.34. The van der Waals surface area contributed by atoms with Gasteiger partial charge in [0.25, 0.3) is 5.91 Å². The highest BCUT2D eigenvalue weighted by molar-refractivity contribution is 5.90. The smallest absolute Gasteiger partial charge is 0.331 e. The Morgan fingerprint density at radius 3 is 2.79 bits per heavy atom. The molecule has 0 saturated heterocycles. The zero-order valence-electron chi connectivity index (χ0n) is 14.1. The number of carbonyl (C=O) groups excluding carboxylic acids is 2. The molecule has 130 valence electrons. The lowest BCUT2D eigenvalue weighted by Crippen LogP contribution is -2.45. The predicted molar refractivity (Wildman–Crippen MR) is 90.6 cm³/mol. The minimum absolute atomic E-state index is 0.148. The van der Waals surface area contributed by atoms with Gasteiger partial charge in [0.2, 0.25) is 0 Å². The highest BCUT2D eigenvalue weighted by atomic mass is 19.1. The maximum Gasteiger partial charge on any atom is 0.331 e. The van der Waals surface area contributed by atoms with Gasteiger partial charge < -0.3 is 10.1 Å². The first-order chi connectivity index (χ1) is 11.5. The number of esters is 1. The number of hydrogen-bond acceptors (Lipinski definition) is 3. The van der Waals surface area contributed by atoms with Crippen LogP contribution in [-0.4, -0.2) is 24.0 Å². The molecule has 0 radical (unpaired) electrons. The normalized spacial score (nSPS) is 22.1. The average Bonchev–Trinajstić information content (AvgIpc) is 2.55. The lowest BCUT2D eigenvalue weighted by atomic mass is 9.86. The average molecular weight is 333 g/mol. The molecule has 1 saturated carbocycles. The fraction of sp³-hybridized carbons (Fsp3) is 0.474. The van der Waals surface area contributed by atoms with Crippen molar-refractivity contribution in [2.24, 2.45) is 5.92 Å². The Morgan fingerprint density at radius 2 is 2.08 bits per heavy atom. The second-order valence-corrected chi connectivity index (χ2v) is 6.34. The molecule has 3 atom stereocenters. The monoisotopic (exact) mass is 333 g/mol. The van der Waals surface area contributed by atoms with Crippen molar-refractivity contribution in [2.75, 3.05) is 0 Å². The molecule has 2 rings (SSSR count). The number of benzene rings is 1. The third-order valence-electron chi connectivity index (χ3n) is 4.36. The minimum atomic E-state index is -0.858. The van der Waals surface area contributed by atoms with Crippen LogP contribution in [0.2, 0.25) is 0 Å². The van der Waals surface area contributed by atoms with Crippen LogP contribution < -0.4 is 5.32 Å². The SMILES string of the molecule is C[C@@H](OC(=O)/C=C/c1cccc(F)c1)C(=O)N[C@H]1CCCC[C@@H]1C. The molecule has 1 aromatic carbocycles. The van der Waals surface area contributed by atoms with Crippen LogP contribution >= 0.6 is 0 Å². The van der Waals surface area contributed by atoms with E-state index in [1.54, 1.807) is 19.1 Å². The number of hydrogen-bond donors (Lipinski definition) is 1. The first-order valence-corrected chi connectivity index (χ1v) is 8.40. The van der Waals surface area contributed by atoms with E-state index in [2.05, 4.69) is 12.2 Å². The predicted octanol–water partition coefficient (Wildman–Crippen LogP) is 3.47. The van der Waals surface area contributed by atoms with Crippen LogP contribution in [0, 0.1) is 11.7 Å². The lowest BCUT2D eigenvalue weighted by Gasteiger charge is -2.30. The number of carbonyl (C=O) groups is 2. The standard InChI is InChI=1S/C19H24FNO3/c1-13-6-3-4-9-17(13)21-19(23)14(2)24-18(22)11-10-15-7-5-8-16(20)12-15/h5,7-8,10-14,17H,3-4,6,9H2,1-2H3,(H,21,23)/b11-10+/t13-,14+,17-/m0/s1. The van der Waals surface area contributed by atoms with Gasteiger partial charge in [-0.05, 0) is 49.5 Å². The van der Waals surface area contributed by atoms with E-state index in [4.69, 9.17) is 4.74 Å².